The first kappa shape index (κ1) is 14.0. The Bertz CT molecular complexity index is 114. The summed E-state index contributed by atoms with van der Waals surface area (Å²) < 4.78 is 0. The fourth-order valence-corrected chi connectivity index (χ4v) is 2.08. The third-order valence-corrected chi connectivity index (χ3v) is 3.00. The molecule has 14 heavy (non-hydrogen) atoms. The molecule has 86 valence electrons. The van der Waals surface area contributed by atoms with Crippen molar-refractivity contribution >= 4 is 0 Å². The van der Waals surface area contributed by atoms with Gasteiger partial charge in [0.2, 0.25) is 0 Å². The van der Waals surface area contributed by atoms with Crippen molar-refractivity contribution in [3.05, 3.63) is 0 Å². The van der Waals surface area contributed by atoms with Gasteiger partial charge in [0.15, 0.2) is 0 Å². The first-order valence-electron chi connectivity index (χ1n) is 6.37. The highest BCUT2D eigenvalue weighted by atomic mass is 14.6. The van der Waals surface area contributed by atoms with Crippen LogP contribution < -0.4 is 5.73 Å². The molecule has 0 aliphatic heterocycles. The molecular formula is C13H29N. The Morgan fingerprint density at radius 2 is 1.36 bits per heavy atom. The molecule has 0 bridgehead atoms. The molecule has 0 saturated heterocycles. The van der Waals surface area contributed by atoms with Crippen LogP contribution in [0.1, 0.15) is 66.2 Å². The molecule has 0 saturated carbocycles. The van der Waals surface area contributed by atoms with Crippen molar-refractivity contribution in [1.29, 1.82) is 0 Å². The number of nitrogens with two attached hydrogens (primary N) is 1. The summed E-state index contributed by atoms with van der Waals surface area (Å²) in [7, 11) is 0. The fraction of sp³-hybridized carbons (Fsp3) is 1.00. The monoisotopic (exact) mass is 199 g/mol. The van der Waals surface area contributed by atoms with Gasteiger partial charge in [0, 0.05) is 6.04 Å². The lowest BCUT2D eigenvalue weighted by molar-refractivity contribution is 0.330. The summed E-state index contributed by atoms with van der Waals surface area (Å²) in [6.45, 7) is 9.08. The van der Waals surface area contributed by atoms with E-state index in [4.69, 9.17) is 5.73 Å². The summed E-state index contributed by atoms with van der Waals surface area (Å²) in [4.78, 5) is 0. The van der Waals surface area contributed by atoms with Crippen LogP contribution in [-0.4, -0.2) is 6.04 Å². The summed E-state index contributed by atoms with van der Waals surface area (Å²) in [5, 5.41) is 0. The summed E-state index contributed by atoms with van der Waals surface area (Å²) in [5.74, 6) is 1.56. The predicted octanol–water partition coefficient (Wildman–Crippen LogP) is 3.97. The van der Waals surface area contributed by atoms with Crippen LogP contribution >= 0.6 is 0 Å². The molecule has 0 radical (unpaired) electrons. The van der Waals surface area contributed by atoms with Crippen molar-refractivity contribution < 1.29 is 0 Å². The average molecular weight is 199 g/mol. The van der Waals surface area contributed by atoms with Crippen LogP contribution in [0.15, 0.2) is 0 Å². The quantitative estimate of drug-likeness (QED) is 0.629. The van der Waals surface area contributed by atoms with Crippen molar-refractivity contribution in [2.75, 3.05) is 0 Å². The average Bonchev–Trinajstić information content (AvgIpc) is 2.14. The molecular weight excluding hydrogens is 170 g/mol. The predicted molar refractivity (Wildman–Crippen MR) is 65.4 cm³/mol. The Hall–Kier alpha value is -0.0400. The number of hydrogen-bond acceptors (Lipinski definition) is 1. The molecule has 1 heteroatoms. The highest BCUT2D eigenvalue weighted by molar-refractivity contribution is 4.73. The minimum Gasteiger partial charge on any atom is -0.327 e. The summed E-state index contributed by atoms with van der Waals surface area (Å²) >= 11 is 0. The third-order valence-electron chi connectivity index (χ3n) is 3.00. The Kier molecular flexibility index (Phi) is 8.26. The zero-order chi connectivity index (χ0) is 11.0. The molecule has 0 fully saturated rings. The van der Waals surface area contributed by atoms with Crippen molar-refractivity contribution in [2.45, 2.75) is 72.3 Å². The first-order chi connectivity index (χ1) is 6.61. The molecule has 0 aliphatic rings. The zero-order valence-corrected chi connectivity index (χ0v) is 10.6. The molecule has 1 atom stereocenters. The maximum absolute atomic E-state index is 6.24. The second kappa shape index (κ2) is 8.28. The van der Waals surface area contributed by atoms with Gasteiger partial charge < -0.3 is 5.73 Å². The van der Waals surface area contributed by atoms with Crippen molar-refractivity contribution in [3.8, 4) is 0 Å². The molecule has 1 nitrogen and oxygen atoms in total. The Morgan fingerprint density at radius 1 is 0.857 bits per heavy atom. The van der Waals surface area contributed by atoms with Gasteiger partial charge in [-0.25, -0.2) is 0 Å². The molecule has 1 unspecified atom stereocenters. The lowest BCUT2D eigenvalue weighted by Gasteiger charge is -2.23. The Balaban J connectivity index is 3.81. The molecule has 0 heterocycles. The van der Waals surface area contributed by atoms with Crippen LogP contribution in [0.5, 0.6) is 0 Å². The van der Waals surface area contributed by atoms with E-state index in [9.17, 15) is 0 Å². The molecule has 0 aromatic heterocycles. The van der Waals surface area contributed by atoms with Crippen LogP contribution in [-0.2, 0) is 0 Å². The van der Waals surface area contributed by atoms with Gasteiger partial charge in [0.25, 0.3) is 0 Å². The molecule has 0 aromatic carbocycles. The van der Waals surface area contributed by atoms with Crippen molar-refractivity contribution in [1.82, 2.24) is 0 Å². The smallest absolute Gasteiger partial charge is 0.00672 e. The Morgan fingerprint density at radius 3 is 1.71 bits per heavy atom. The normalized spacial score (nSPS) is 13.9. The topological polar surface area (TPSA) is 26.0 Å². The van der Waals surface area contributed by atoms with Gasteiger partial charge in [-0.15, -0.1) is 0 Å². The van der Waals surface area contributed by atoms with Gasteiger partial charge in [0.1, 0.15) is 0 Å². The van der Waals surface area contributed by atoms with E-state index in [0.29, 0.717) is 6.04 Å². The third kappa shape index (κ3) is 6.42. The summed E-state index contributed by atoms with van der Waals surface area (Å²) in [5.41, 5.74) is 6.24. The van der Waals surface area contributed by atoms with E-state index in [0.717, 1.165) is 11.8 Å². The second-order valence-electron chi connectivity index (χ2n) is 4.97. The van der Waals surface area contributed by atoms with Gasteiger partial charge in [-0.3, -0.25) is 0 Å². The molecule has 2 N–H and O–H groups in total. The highest BCUT2D eigenvalue weighted by Crippen LogP contribution is 2.20. The molecule has 0 rings (SSSR count). The van der Waals surface area contributed by atoms with Crippen LogP contribution in [0.4, 0.5) is 0 Å². The van der Waals surface area contributed by atoms with E-state index in [1.54, 1.807) is 0 Å². The first-order valence-corrected chi connectivity index (χ1v) is 6.37. The van der Waals surface area contributed by atoms with E-state index in [1.807, 2.05) is 0 Å². The maximum Gasteiger partial charge on any atom is 0.00672 e. The van der Waals surface area contributed by atoms with Crippen molar-refractivity contribution in [3.63, 3.8) is 0 Å². The van der Waals surface area contributed by atoms with Crippen LogP contribution in [0, 0.1) is 11.8 Å². The summed E-state index contributed by atoms with van der Waals surface area (Å²) in [6.07, 6.45) is 7.67. The van der Waals surface area contributed by atoms with Gasteiger partial charge in [-0.05, 0) is 37.5 Å². The van der Waals surface area contributed by atoms with Gasteiger partial charge in [0.05, 0.1) is 0 Å². The van der Waals surface area contributed by atoms with E-state index >= 15 is 0 Å². The van der Waals surface area contributed by atoms with Gasteiger partial charge >= 0.3 is 0 Å². The maximum atomic E-state index is 6.24. The zero-order valence-electron chi connectivity index (χ0n) is 10.6. The van der Waals surface area contributed by atoms with Crippen LogP contribution in [0.2, 0.25) is 0 Å². The SMILES string of the molecule is CCCC(CCC)C(N)CCC(C)C. The molecule has 0 aromatic rings. The number of hydrogen-bond donors (Lipinski definition) is 1. The standard InChI is InChI=1S/C13H29N/c1-5-7-12(8-6-2)13(14)10-9-11(3)4/h11-13H,5-10,14H2,1-4H3. The van der Waals surface area contributed by atoms with E-state index in [-0.39, 0.29) is 0 Å². The summed E-state index contributed by atoms with van der Waals surface area (Å²) in [6, 6.07) is 0.442. The van der Waals surface area contributed by atoms with Crippen LogP contribution in [0.3, 0.4) is 0 Å². The van der Waals surface area contributed by atoms with E-state index in [1.165, 1.54) is 38.5 Å². The molecule has 0 spiro atoms. The molecule has 0 amide bonds. The van der Waals surface area contributed by atoms with Gasteiger partial charge in [-0.1, -0.05) is 40.5 Å². The van der Waals surface area contributed by atoms with Gasteiger partial charge in [-0.2, -0.15) is 0 Å². The van der Waals surface area contributed by atoms with E-state index < -0.39 is 0 Å². The largest absolute Gasteiger partial charge is 0.327 e. The van der Waals surface area contributed by atoms with E-state index in [2.05, 4.69) is 27.7 Å². The fourth-order valence-electron chi connectivity index (χ4n) is 2.08. The minimum atomic E-state index is 0.442. The lowest BCUT2D eigenvalue weighted by Crippen LogP contribution is -2.30. The minimum absolute atomic E-state index is 0.442. The second-order valence-corrected chi connectivity index (χ2v) is 4.97. The van der Waals surface area contributed by atoms with Crippen LogP contribution in [0.25, 0.3) is 0 Å². The van der Waals surface area contributed by atoms with Crippen molar-refractivity contribution in [2.24, 2.45) is 17.6 Å². The Labute approximate surface area is 90.5 Å². The molecule has 0 aliphatic carbocycles. The lowest BCUT2D eigenvalue weighted by atomic mass is 9.87. The highest BCUT2D eigenvalue weighted by Gasteiger charge is 2.15. The number of rotatable bonds is 8.